The molecule has 0 aliphatic heterocycles. The molecule has 2 N–H and O–H groups in total. The van der Waals surface area contributed by atoms with Crippen LogP contribution in [0.5, 0.6) is 0 Å². The largest absolute Gasteiger partial charge is 0.397 e. The summed E-state index contributed by atoms with van der Waals surface area (Å²) in [6.07, 6.45) is 0. The molecule has 0 fully saturated rings. The lowest BCUT2D eigenvalue weighted by atomic mass is 10.1. The van der Waals surface area contributed by atoms with Gasteiger partial charge in [0.15, 0.2) is 0 Å². The standard InChI is InChI=1S/C15H14N2S2/c1-9-3-5-11(6-4-9)13-8-18-15(17-13)14-12(16)7-10(2)19-14/h3-8H,16H2,1-2H3. The van der Waals surface area contributed by atoms with Crippen molar-refractivity contribution in [1.29, 1.82) is 0 Å². The van der Waals surface area contributed by atoms with Crippen LogP contribution in [0.15, 0.2) is 35.7 Å². The Bertz CT molecular complexity index is 708. The van der Waals surface area contributed by atoms with Crippen LogP contribution in [-0.2, 0) is 0 Å². The molecule has 0 atom stereocenters. The first-order valence-corrected chi connectivity index (χ1v) is 7.72. The zero-order valence-corrected chi connectivity index (χ0v) is 12.4. The topological polar surface area (TPSA) is 38.9 Å². The Morgan fingerprint density at radius 1 is 1.11 bits per heavy atom. The first-order chi connectivity index (χ1) is 9.13. The van der Waals surface area contributed by atoms with E-state index in [4.69, 9.17) is 10.7 Å². The summed E-state index contributed by atoms with van der Waals surface area (Å²) >= 11 is 3.35. The summed E-state index contributed by atoms with van der Waals surface area (Å²) in [5, 5.41) is 3.10. The molecule has 0 aliphatic rings. The maximum absolute atomic E-state index is 6.02. The molecular formula is C15H14N2S2. The van der Waals surface area contributed by atoms with Gasteiger partial charge in [-0.25, -0.2) is 4.98 Å². The van der Waals surface area contributed by atoms with Crippen LogP contribution in [0.2, 0.25) is 0 Å². The summed E-state index contributed by atoms with van der Waals surface area (Å²) < 4.78 is 0. The van der Waals surface area contributed by atoms with Gasteiger partial charge in [-0.15, -0.1) is 22.7 Å². The number of hydrogen-bond acceptors (Lipinski definition) is 4. The molecule has 2 aromatic heterocycles. The summed E-state index contributed by atoms with van der Waals surface area (Å²) in [6, 6.07) is 10.4. The Morgan fingerprint density at radius 3 is 2.47 bits per heavy atom. The van der Waals surface area contributed by atoms with Crippen LogP contribution in [0.25, 0.3) is 21.1 Å². The maximum atomic E-state index is 6.02. The van der Waals surface area contributed by atoms with E-state index in [2.05, 4.69) is 43.5 Å². The molecule has 3 rings (SSSR count). The highest BCUT2D eigenvalue weighted by Crippen LogP contribution is 2.37. The number of hydrogen-bond donors (Lipinski definition) is 1. The Kier molecular flexibility index (Phi) is 3.12. The minimum atomic E-state index is 0.826. The monoisotopic (exact) mass is 286 g/mol. The van der Waals surface area contributed by atoms with Crippen LogP contribution < -0.4 is 5.73 Å². The number of thiazole rings is 1. The summed E-state index contributed by atoms with van der Waals surface area (Å²) in [4.78, 5) is 7.01. The molecule has 0 radical (unpaired) electrons. The fourth-order valence-corrected chi connectivity index (χ4v) is 3.81. The smallest absolute Gasteiger partial charge is 0.136 e. The van der Waals surface area contributed by atoms with Gasteiger partial charge in [-0.1, -0.05) is 29.8 Å². The average molecular weight is 286 g/mol. The molecule has 3 aromatic rings. The van der Waals surface area contributed by atoms with E-state index >= 15 is 0 Å². The SMILES string of the molecule is Cc1ccc(-c2csc(-c3sc(C)cc3N)n2)cc1. The van der Waals surface area contributed by atoms with Gasteiger partial charge >= 0.3 is 0 Å². The first kappa shape index (κ1) is 12.4. The Balaban J connectivity index is 1.99. The van der Waals surface area contributed by atoms with Gasteiger partial charge in [0, 0.05) is 15.8 Å². The molecule has 2 nitrogen and oxygen atoms in total. The van der Waals surface area contributed by atoms with Crippen molar-refractivity contribution >= 4 is 28.4 Å². The fourth-order valence-electron chi connectivity index (χ4n) is 1.94. The second kappa shape index (κ2) is 4.79. The first-order valence-electron chi connectivity index (χ1n) is 6.02. The molecule has 0 saturated carbocycles. The molecule has 4 heteroatoms. The molecule has 19 heavy (non-hydrogen) atoms. The second-order valence-corrected chi connectivity index (χ2v) is 6.66. The molecule has 0 aliphatic carbocycles. The van der Waals surface area contributed by atoms with Crippen molar-refractivity contribution in [3.05, 3.63) is 46.2 Å². The number of nitrogens with zero attached hydrogens (tertiary/aromatic N) is 1. The summed E-state index contributed by atoms with van der Waals surface area (Å²) in [6.45, 7) is 4.16. The molecule has 2 heterocycles. The highest BCUT2D eigenvalue weighted by Gasteiger charge is 2.11. The number of rotatable bonds is 2. The number of nitrogens with two attached hydrogens (primary N) is 1. The van der Waals surface area contributed by atoms with Crippen LogP contribution in [-0.4, -0.2) is 4.98 Å². The Hall–Kier alpha value is -1.65. The lowest BCUT2D eigenvalue weighted by molar-refractivity contribution is 1.40. The minimum Gasteiger partial charge on any atom is -0.397 e. The molecule has 0 bridgehead atoms. The quantitative estimate of drug-likeness (QED) is 0.739. The highest BCUT2D eigenvalue weighted by molar-refractivity contribution is 7.21. The van der Waals surface area contributed by atoms with E-state index in [9.17, 15) is 0 Å². The number of nitrogen functional groups attached to an aromatic ring is 1. The number of benzene rings is 1. The van der Waals surface area contributed by atoms with Crippen molar-refractivity contribution in [3.63, 3.8) is 0 Å². The predicted molar refractivity (Wildman–Crippen MR) is 84.7 cm³/mol. The number of aryl methyl sites for hydroxylation is 2. The summed E-state index contributed by atoms with van der Waals surface area (Å²) in [5.41, 5.74) is 10.3. The third kappa shape index (κ3) is 2.41. The maximum Gasteiger partial charge on any atom is 0.136 e. The van der Waals surface area contributed by atoms with E-state index in [1.165, 1.54) is 10.4 Å². The van der Waals surface area contributed by atoms with Crippen molar-refractivity contribution in [2.75, 3.05) is 5.73 Å². The van der Waals surface area contributed by atoms with Crippen LogP contribution in [0.3, 0.4) is 0 Å². The number of thiophene rings is 1. The molecule has 0 saturated heterocycles. The van der Waals surface area contributed by atoms with E-state index < -0.39 is 0 Å². The van der Waals surface area contributed by atoms with Crippen molar-refractivity contribution in [1.82, 2.24) is 4.98 Å². The minimum absolute atomic E-state index is 0.826. The van der Waals surface area contributed by atoms with E-state index in [1.54, 1.807) is 22.7 Å². The Labute approximate surface area is 120 Å². The van der Waals surface area contributed by atoms with Crippen LogP contribution in [0, 0.1) is 13.8 Å². The van der Waals surface area contributed by atoms with Gasteiger partial charge < -0.3 is 5.73 Å². The fraction of sp³-hybridized carbons (Fsp3) is 0.133. The van der Waals surface area contributed by atoms with Crippen molar-refractivity contribution in [2.45, 2.75) is 13.8 Å². The average Bonchev–Trinajstić information content (AvgIpc) is 2.97. The Morgan fingerprint density at radius 2 is 1.84 bits per heavy atom. The lowest BCUT2D eigenvalue weighted by Gasteiger charge is -1.97. The van der Waals surface area contributed by atoms with Crippen molar-refractivity contribution in [2.24, 2.45) is 0 Å². The van der Waals surface area contributed by atoms with Crippen LogP contribution in [0.4, 0.5) is 5.69 Å². The van der Waals surface area contributed by atoms with Gasteiger partial charge in [0.1, 0.15) is 5.01 Å². The summed E-state index contributed by atoms with van der Waals surface area (Å²) in [7, 11) is 0. The van der Waals surface area contributed by atoms with E-state index in [0.29, 0.717) is 0 Å². The highest BCUT2D eigenvalue weighted by atomic mass is 32.1. The molecule has 0 amide bonds. The van der Waals surface area contributed by atoms with Crippen molar-refractivity contribution in [3.8, 4) is 21.1 Å². The van der Waals surface area contributed by atoms with Gasteiger partial charge in [-0.05, 0) is 19.9 Å². The third-order valence-electron chi connectivity index (χ3n) is 2.93. The predicted octanol–water partition coefficient (Wildman–Crippen LogP) is 4.74. The van der Waals surface area contributed by atoms with Gasteiger partial charge in [0.2, 0.25) is 0 Å². The van der Waals surface area contributed by atoms with Crippen LogP contribution in [0.1, 0.15) is 10.4 Å². The van der Waals surface area contributed by atoms with Gasteiger partial charge in [-0.3, -0.25) is 0 Å². The van der Waals surface area contributed by atoms with Gasteiger partial charge in [0.25, 0.3) is 0 Å². The van der Waals surface area contributed by atoms with Crippen LogP contribution >= 0.6 is 22.7 Å². The molecular weight excluding hydrogens is 272 g/mol. The van der Waals surface area contributed by atoms with Gasteiger partial charge in [-0.2, -0.15) is 0 Å². The van der Waals surface area contributed by atoms with Crippen molar-refractivity contribution < 1.29 is 0 Å². The summed E-state index contributed by atoms with van der Waals surface area (Å²) in [5.74, 6) is 0. The second-order valence-electron chi connectivity index (χ2n) is 4.55. The third-order valence-corrected chi connectivity index (χ3v) is 4.99. The zero-order valence-electron chi connectivity index (χ0n) is 10.8. The lowest BCUT2D eigenvalue weighted by Crippen LogP contribution is -1.83. The zero-order chi connectivity index (χ0) is 13.4. The number of anilines is 1. The molecule has 0 spiro atoms. The normalized spacial score (nSPS) is 10.8. The van der Waals surface area contributed by atoms with Gasteiger partial charge in [0.05, 0.1) is 16.3 Å². The van der Waals surface area contributed by atoms with E-state index in [-0.39, 0.29) is 0 Å². The van der Waals surface area contributed by atoms with E-state index in [0.717, 1.165) is 26.8 Å². The molecule has 0 unspecified atom stereocenters. The van der Waals surface area contributed by atoms with E-state index in [1.807, 2.05) is 6.07 Å². The molecule has 1 aromatic carbocycles. The number of aromatic nitrogens is 1. The molecule has 96 valence electrons.